The highest BCUT2D eigenvalue weighted by Gasteiger charge is 2.33. The van der Waals surface area contributed by atoms with Crippen molar-refractivity contribution in [2.45, 2.75) is 29.1 Å². The van der Waals surface area contributed by atoms with Crippen LogP contribution >= 0.6 is 11.8 Å². The summed E-state index contributed by atoms with van der Waals surface area (Å²) in [5, 5.41) is 0.946. The quantitative estimate of drug-likeness (QED) is 0.825. The zero-order valence-corrected chi connectivity index (χ0v) is 15.4. The van der Waals surface area contributed by atoms with Crippen LogP contribution in [0.1, 0.15) is 23.2 Å². The van der Waals surface area contributed by atoms with E-state index in [0.29, 0.717) is 19.8 Å². The van der Waals surface area contributed by atoms with E-state index in [9.17, 15) is 4.79 Å². The van der Waals surface area contributed by atoms with Gasteiger partial charge in [-0.2, -0.15) is 0 Å². The number of amides is 1. The second kappa shape index (κ2) is 8.20. The molecule has 0 spiro atoms. The summed E-state index contributed by atoms with van der Waals surface area (Å²) in [5.74, 6) is 0.358. The molecular weight excluding hydrogens is 348 g/mol. The first-order chi connectivity index (χ1) is 12.8. The smallest absolute Gasteiger partial charge is 0.253 e. The second-order valence-corrected chi connectivity index (χ2v) is 7.65. The van der Waals surface area contributed by atoms with Crippen molar-refractivity contribution in [1.82, 2.24) is 9.88 Å². The Balaban J connectivity index is 1.39. The van der Waals surface area contributed by atoms with Crippen LogP contribution < -0.4 is 0 Å². The summed E-state index contributed by atoms with van der Waals surface area (Å²) < 4.78 is 11.3. The highest BCUT2D eigenvalue weighted by Crippen LogP contribution is 2.28. The summed E-state index contributed by atoms with van der Waals surface area (Å²) in [4.78, 5) is 20.2. The third-order valence-electron chi connectivity index (χ3n) is 4.74. The second-order valence-electron chi connectivity index (χ2n) is 6.56. The lowest BCUT2D eigenvalue weighted by Gasteiger charge is -2.34. The molecule has 2 aromatic rings. The molecule has 1 atom stereocenters. The average Bonchev–Trinajstić information content (AvgIpc) is 3.24. The molecule has 4 rings (SSSR count). The average molecular weight is 370 g/mol. The number of likely N-dealkylation sites (tertiary alicyclic amines) is 1. The molecule has 1 aromatic carbocycles. The van der Waals surface area contributed by atoms with Crippen LogP contribution in [0.25, 0.3) is 0 Å². The van der Waals surface area contributed by atoms with Gasteiger partial charge in [0.1, 0.15) is 5.03 Å². The van der Waals surface area contributed by atoms with Crippen molar-refractivity contribution in [2.24, 2.45) is 5.92 Å². The molecule has 0 saturated carbocycles. The number of carbonyl (C=O) groups excluding carboxylic acids is 1. The predicted octanol–water partition coefficient (Wildman–Crippen LogP) is 3.46. The van der Waals surface area contributed by atoms with Crippen molar-refractivity contribution in [3.63, 3.8) is 0 Å². The molecule has 1 amide bonds. The van der Waals surface area contributed by atoms with Crippen LogP contribution in [-0.4, -0.2) is 48.4 Å². The minimum Gasteiger partial charge on any atom is -0.350 e. The molecule has 0 aliphatic carbocycles. The first-order valence-electron chi connectivity index (χ1n) is 9.01. The van der Waals surface area contributed by atoms with Gasteiger partial charge in [0.2, 0.25) is 0 Å². The van der Waals surface area contributed by atoms with Gasteiger partial charge < -0.3 is 14.4 Å². The van der Waals surface area contributed by atoms with Crippen LogP contribution in [-0.2, 0) is 9.47 Å². The van der Waals surface area contributed by atoms with E-state index in [-0.39, 0.29) is 18.1 Å². The Kier molecular flexibility index (Phi) is 5.53. The van der Waals surface area contributed by atoms with E-state index >= 15 is 0 Å². The Morgan fingerprint density at radius 2 is 1.92 bits per heavy atom. The Morgan fingerprint density at radius 1 is 1.12 bits per heavy atom. The molecule has 136 valence electrons. The molecule has 0 radical (unpaired) electrons. The molecule has 2 saturated heterocycles. The fourth-order valence-corrected chi connectivity index (χ4v) is 4.22. The van der Waals surface area contributed by atoms with Crippen LogP contribution in [0.3, 0.4) is 0 Å². The Hall–Kier alpha value is -1.89. The Labute approximate surface area is 157 Å². The predicted molar refractivity (Wildman–Crippen MR) is 99.1 cm³/mol. The summed E-state index contributed by atoms with van der Waals surface area (Å²) in [6, 6.07) is 13.6. The molecule has 1 unspecified atom stereocenters. The molecule has 26 heavy (non-hydrogen) atoms. The van der Waals surface area contributed by atoms with E-state index in [1.807, 2.05) is 47.4 Å². The highest BCUT2D eigenvalue weighted by atomic mass is 32.2. The fraction of sp³-hybridized carbons (Fsp3) is 0.400. The zero-order valence-electron chi connectivity index (χ0n) is 14.5. The number of hydrogen-bond donors (Lipinski definition) is 0. The number of ether oxygens (including phenoxy) is 2. The van der Waals surface area contributed by atoms with Gasteiger partial charge in [-0.15, -0.1) is 0 Å². The summed E-state index contributed by atoms with van der Waals surface area (Å²) in [6.45, 7) is 2.81. The summed E-state index contributed by atoms with van der Waals surface area (Å²) in [7, 11) is 0. The van der Waals surface area contributed by atoms with Crippen molar-refractivity contribution in [2.75, 3.05) is 26.3 Å². The van der Waals surface area contributed by atoms with E-state index in [4.69, 9.17) is 9.47 Å². The molecule has 0 N–H and O–H groups in total. The molecule has 2 aliphatic rings. The molecule has 5 nitrogen and oxygen atoms in total. The van der Waals surface area contributed by atoms with E-state index < -0.39 is 0 Å². The largest absolute Gasteiger partial charge is 0.350 e. The van der Waals surface area contributed by atoms with E-state index in [2.05, 4.69) is 4.98 Å². The standard InChI is InChI=1S/C20H22N2O3S/c23-19(22-11-3-4-16(14-22)20-24-12-13-25-20)15-6-8-17(9-7-15)26-18-5-1-2-10-21-18/h1-2,5-10,16,20H,3-4,11-14H2. The van der Waals surface area contributed by atoms with Crippen molar-refractivity contribution in [3.05, 3.63) is 54.2 Å². The van der Waals surface area contributed by atoms with Gasteiger partial charge in [0.15, 0.2) is 6.29 Å². The normalized spacial score (nSPS) is 21.1. The number of pyridine rings is 1. The van der Waals surface area contributed by atoms with Crippen LogP contribution in [0.15, 0.2) is 58.6 Å². The minimum absolute atomic E-state index is 0.0853. The maximum absolute atomic E-state index is 12.9. The SMILES string of the molecule is O=C(c1ccc(Sc2ccccn2)cc1)N1CCCC(C2OCCO2)C1. The zero-order chi connectivity index (χ0) is 17.8. The lowest BCUT2D eigenvalue weighted by molar-refractivity contribution is -0.0969. The number of rotatable bonds is 4. The number of benzene rings is 1. The molecule has 2 aliphatic heterocycles. The first-order valence-corrected chi connectivity index (χ1v) is 9.83. The Morgan fingerprint density at radius 3 is 2.65 bits per heavy atom. The van der Waals surface area contributed by atoms with Crippen LogP contribution in [0, 0.1) is 5.92 Å². The van der Waals surface area contributed by atoms with E-state index in [0.717, 1.165) is 34.9 Å². The lowest BCUT2D eigenvalue weighted by atomic mass is 9.96. The van der Waals surface area contributed by atoms with Crippen molar-refractivity contribution < 1.29 is 14.3 Å². The van der Waals surface area contributed by atoms with Crippen molar-refractivity contribution >= 4 is 17.7 Å². The molecule has 2 fully saturated rings. The third kappa shape index (κ3) is 4.09. The van der Waals surface area contributed by atoms with Gasteiger partial charge in [-0.05, 0) is 49.2 Å². The summed E-state index contributed by atoms with van der Waals surface area (Å²) >= 11 is 1.59. The van der Waals surface area contributed by atoms with Crippen LogP contribution in [0.4, 0.5) is 0 Å². The van der Waals surface area contributed by atoms with E-state index in [1.165, 1.54) is 0 Å². The molecule has 3 heterocycles. The third-order valence-corrected chi connectivity index (χ3v) is 5.70. The minimum atomic E-state index is -0.150. The molecule has 0 bridgehead atoms. The molecule has 6 heteroatoms. The van der Waals surface area contributed by atoms with Gasteiger partial charge in [0.05, 0.1) is 13.2 Å². The summed E-state index contributed by atoms with van der Waals surface area (Å²) in [6.07, 6.45) is 3.68. The molecular formula is C20H22N2O3S. The molecule has 1 aromatic heterocycles. The topological polar surface area (TPSA) is 51.7 Å². The van der Waals surface area contributed by atoms with Crippen LogP contribution in [0.5, 0.6) is 0 Å². The van der Waals surface area contributed by atoms with Crippen LogP contribution in [0.2, 0.25) is 0 Å². The maximum Gasteiger partial charge on any atom is 0.253 e. The Bertz CT molecular complexity index is 732. The van der Waals surface area contributed by atoms with Gasteiger partial charge in [0.25, 0.3) is 5.91 Å². The van der Waals surface area contributed by atoms with Gasteiger partial charge >= 0.3 is 0 Å². The first kappa shape index (κ1) is 17.5. The number of hydrogen-bond acceptors (Lipinski definition) is 5. The monoisotopic (exact) mass is 370 g/mol. The fourth-order valence-electron chi connectivity index (χ4n) is 3.44. The summed E-state index contributed by atoms with van der Waals surface area (Å²) in [5.41, 5.74) is 0.726. The van der Waals surface area contributed by atoms with Gasteiger partial charge in [-0.3, -0.25) is 4.79 Å². The van der Waals surface area contributed by atoms with Crippen molar-refractivity contribution in [3.8, 4) is 0 Å². The maximum atomic E-state index is 12.9. The lowest BCUT2D eigenvalue weighted by Crippen LogP contribution is -2.43. The number of aromatic nitrogens is 1. The van der Waals surface area contributed by atoms with Gasteiger partial charge in [-0.25, -0.2) is 4.98 Å². The number of carbonyl (C=O) groups is 1. The van der Waals surface area contributed by atoms with Crippen molar-refractivity contribution in [1.29, 1.82) is 0 Å². The van der Waals surface area contributed by atoms with Gasteiger partial charge in [-0.1, -0.05) is 17.8 Å². The number of nitrogens with zero attached hydrogens (tertiary/aromatic N) is 2. The van der Waals surface area contributed by atoms with E-state index in [1.54, 1.807) is 18.0 Å². The number of piperidine rings is 1. The highest BCUT2D eigenvalue weighted by molar-refractivity contribution is 7.99. The van der Waals surface area contributed by atoms with Gasteiger partial charge in [0, 0.05) is 35.7 Å².